The van der Waals surface area contributed by atoms with Gasteiger partial charge in [-0.15, -0.1) is 0 Å². The number of nitrogens with one attached hydrogen (secondary N) is 1. The Morgan fingerprint density at radius 2 is 1.53 bits per heavy atom. The van der Waals surface area contributed by atoms with Crippen molar-refractivity contribution in [1.29, 1.82) is 0 Å². The highest BCUT2D eigenvalue weighted by molar-refractivity contribution is 4.79. The Balaban J connectivity index is 1.69. The molecule has 1 heteroatoms. The fraction of sp³-hybridized carbons (Fsp3) is 1.00. The van der Waals surface area contributed by atoms with Gasteiger partial charge < -0.3 is 5.32 Å². The van der Waals surface area contributed by atoms with Gasteiger partial charge in [0.25, 0.3) is 0 Å². The molecule has 2 unspecified atom stereocenters. The molecule has 0 amide bonds. The highest BCUT2D eigenvalue weighted by Gasteiger charge is 2.22. The van der Waals surface area contributed by atoms with E-state index in [9.17, 15) is 0 Å². The van der Waals surface area contributed by atoms with Gasteiger partial charge in [-0.2, -0.15) is 0 Å². The third kappa shape index (κ3) is 4.28. The van der Waals surface area contributed by atoms with E-state index in [-0.39, 0.29) is 0 Å². The average molecular weight is 237 g/mol. The summed E-state index contributed by atoms with van der Waals surface area (Å²) in [5.41, 5.74) is 0. The van der Waals surface area contributed by atoms with Crippen molar-refractivity contribution in [2.75, 3.05) is 6.54 Å². The van der Waals surface area contributed by atoms with Crippen LogP contribution >= 0.6 is 0 Å². The molecule has 2 saturated carbocycles. The zero-order valence-corrected chi connectivity index (χ0v) is 11.9. The Labute approximate surface area is 108 Å². The standard InChI is InChI=1S/C16H31N/c1-13-8-10-15(11-9-13)12-17-16-7-5-3-4-6-14(16)2/h13-17H,3-12H2,1-2H3. The van der Waals surface area contributed by atoms with Gasteiger partial charge in [0.2, 0.25) is 0 Å². The fourth-order valence-corrected chi connectivity index (χ4v) is 3.65. The minimum Gasteiger partial charge on any atom is -0.313 e. The summed E-state index contributed by atoms with van der Waals surface area (Å²) >= 11 is 0. The van der Waals surface area contributed by atoms with Gasteiger partial charge >= 0.3 is 0 Å². The van der Waals surface area contributed by atoms with Crippen LogP contribution in [-0.4, -0.2) is 12.6 Å². The second-order valence-corrected chi connectivity index (χ2v) is 6.76. The van der Waals surface area contributed by atoms with E-state index in [1.54, 1.807) is 0 Å². The van der Waals surface area contributed by atoms with Crippen LogP contribution in [0.2, 0.25) is 0 Å². The van der Waals surface area contributed by atoms with E-state index in [1.807, 2.05) is 0 Å². The first kappa shape index (κ1) is 13.4. The molecule has 100 valence electrons. The summed E-state index contributed by atoms with van der Waals surface area (Å²) in [7, 11) is 0. The molecule has 1 N–H and O–H groups in total. The van der Waals surface area contributed by atoms with Gasteiger partial charge in [-0.1, -0.05) is 46.0 Å². The van der Waals surface area contributed by atoms with Gasteiger partial charge in [-0.05, 0) is 50.0 Å². The van der Waals surface area contributed by atoms with Crippen molar-refractivity contribution in [2.45, 2.75) is 77.7 Å². The molecule has 0 bridgehead atoms. The number of hydrogen-bond donors (Lipinski definition) is 1. The van der Waals surface area contributed by atoms with E-state index in [2.05, 4.69) is 19.2 Å². The quantitative estimate of drug-likeness (QED) is 0.719. The van der Waals surface area contributed by atoms with Gasteiger partial charge in [-0.3, -0.25) is 0 Å². The van der Waals surface area contributed by atoms with E-state index in [0.29, 0.717) is 0 Å². The molecule has 2 atom stereocenters. The van der Waals surface area contributed by atoms with Crippen LogP contribution in [0.15, 0.2) is 0 Å². The summed E-state index contributed by atoms with van der Waals surface area (Å²) in [4.78, 5) is 0. The molecule has 2 aliphatic rings. The van der Waals surface area contributed by atoms with Gasteiger partial charge in [0, 0.05) is 6.04 Å². The highest BCUT2D eigenvalue weighted by atomic mass is 14.9. The molecule has 2 fully saturated rings. The van der Waals surface area contributed by atoms with Crippen molar-refractivity contribution in [2.24, 2.45) is 17.8 Å². The van der Waals surface area contributed by atoms with Crippen molar-refractivity contribution in [3.05, 3.63) is 0 Å². The summed E-state index contributed by atoms with van der Waals surface area (Å²) < 4.78 is 0. The molecule has 0 aromatic carbocycles. The topological polar surface area (TPSA) is 12.0 Å². The smallest absolute Gasteiger partial charge is 0.00928 e. The van der Waals surface area contributed by atoms with Crippen LogP contribution in [0.25, 0.3) is 0 Å². The molecule has 0 aromatic rings. The zero-order valence-electron chi connectivity index (χ0n) is 11.9. The minimum atomic E-state index is 0.817. The van der Waals surface area contributed by atoms with E-state index < -0.39 is 0 Å². The SMILES string of the molecule is CC1CCC(CNC2CCCCCC2C)CC1. The molecule has 2 rings (SSSR count). The maximum absolute atomic E-state index is 3.90. The largest absolute Gasteiger partial charge is 0.313 e. The Kier molecular flexibility index (Phi) is 5.34. The molecule has 0 saturated heterocycles. The maximum atomic E-state index is 3.90. The van der Waals surface area contributed by atoms with Gasteiger partial charge in [0.1, 0.15) is 0 Å². The highest BCUT2D eigenvalue weighted by Crippen LogP contribution is 2.29. The lowest BCUT2D eigenvalue weighted by Crippen LogP contribution is -2.38. The minimum absolute atomic E-state index is 0.817. The van der Waals surface area contributed by atoms with Crippen LogP contribution in [0.1, 0.15) is 71.6 Å². The van der Waals surface area contributed by atoms with Crippen molar-refractivity contribution < 1.29 is 0 Å². The number of hydrogen-bond acceptors (Lipinski definition) is 1. The van der Waals surface area contributed by atoms with E-state index in [0.717, 1.165) is 23.8 Å². The molecule has 0 heterocycles. The Hall–Kier alpha value is -0.0400. The lowest BCUT2D eigenvalue weighted by atomic mass is 9.82. The van der Waals surface area contributed by atoms with Crippen LogP contribution < -0.4 is 5.32 Å². The second-order valence-electron chi connectivity index (χ2n) is 6.76. The lowest BCUT2D eigenvalue weighted by Gasteiger charge is -2.30. The van der Waals surface area contributed by atoms with Crippen molar-refractivity contribution >= 4 is 0 Å². The molecular formula is C16H31N. The molecule has 0 spiro atoms. The molecule has 1 nitrogen and oxygen atoms in total. The molecule has 0 radical (unpaired) electrons. The zero-order chi connectivity index (χ0) is 12.1. The molecular weight excluding hydrogens is 206 g/mol. The average Bonchev–Trinajstić information content (AvgIpc) is 2.54. The van der Waals surface area contributed by atoms with Crippen LogP contribution in [-0.2, 0) is 0 Å². The fourth-order valence-electron chi connectivity index (χ4n) is 3.65. The van der Waals surface area contributed by atoms with Crippen LogP contribution in [0.5, 0.6) is 0 Å². The van der Waals surface area contributed by atoms with Crippen LogP contribution in [0, 0.1) is 17.8 Å². The Morgan fingerprint density at radius 1 is 0.824 bits per heavy atom. The second kappa shape index (κ2) is 6.78. The van der Waals surface area contributed by atoms with Crippen molar-refractivity contribution in [3.8, 4) is 0 Å². The number of rotatable bonds is 3. The maximum Gasteiger partial charge on any atom is 0.00928 e. The molecule has 0 aromatic heterocycles. The van der Waals surface area contributed by atoms with Gasteiger partial charge in [0.05, 0.1) is 0 Å². The lowest BCUT2D eigenvalue weighted by molar-refractivity contribution is 0.257. The van der Waals surface area contributed by atoms with Crippen LogP contribution in [0.3, 0.4) is 0 Å². The molecule has 2 aliphatic carbocycles. The monoisotopic (exact) mass is 237 g/mol. The van der Waals surface area contributed by atoms with Gasteiger partial charge in [-0.25, -0.2) is 0 Å². The first-order chi connectivity index (χ1) is 8.25. The predicted molar refractivity (Wildman–Crippen MR) is 75.2 cm³/mol. The van der Waals surface area contributed by atoms with Crippen LogP contribution in [0.4, 0.5) is 0 Å². The third-order valence-electron chi connectivity index (χ3n) is 5.17. The summed E-state index contributed by atoms with van der Waals surface area (Å²) in [6.45, 7) is 6.16. The van der Waals surface area contributed by atoms with E-state index >= 15 is 0 Å². The summed E-state index contributed by atoms with van der Waals surface area (Å²) in [6, 6.07) is 0.817. The summed E-state index contributed by atoms with van der Waals surface area (Å²) in [6.07, 6.45) is 13.1. The van der Waals surface area contributed by atoms with Crippen molar-refractivity contribution in [3.63, 3.8) is 0 Å². The van der Waals surface area contributed by atoms with E-state index in [4.69, 9.17) is 0 Å². The summed E-state index contributed by atoms with van der Waals surface area (Å²) in [5, 5.41) is 3.90. The molecule has 0 aliphatic heterocycles. The normalized spacial score (nSPS) is 39.9. The predicted octanol–water partition coefficient (Wildman–Crippen LogP) is 4.37. The molecule has 17 heavy (non-hydrogen) atoms. The van der Waals surface area contributed by atoms with Gasteiger partial charge in [0.15, 0.2) is 0 Å². The van der Waals surface area contributed by atoms with E-state index in [1.165, 1.54) is 64.3 Å². The third-order valence-corrected chi connectivity index (χ3v) is 5.17. The first-order valence-electron chi connectivity index (χ1n) is 7.99. The Morgan fingerprint density at radius 3 is 2.29 bits per heavy atom. The first-order valence-corrected chi connectivity index (χ1v) is 7.99. The summed E-state index contributed by atoms with van der Waals surface area (Å²) in [5.74, 6) is 2.87. The van der Waals surface area contributed by atoms with Crippen molar-refractivity contribution in [1.82, 2.24) is 5.32 Å². The Bertz CT molecular complexity index is 206.